The van der Waals surface area contributed by atoms with Crippen LogP contribution in [0, 0.1) is 6.92 Å². The summed E-state index contributed by atoms with van der Waals surface area (Å²) >= 11 is 0. The molecule has 2 bridgehead atoms. The third-order valence-electron chi connectivity index (χ3n) is 7.88. The molecule has 39 heavy (non-hydrogen) atoms. The van der Waals surface area contributed by atoms with Crippen molar-refractivity contribution in [2.45, 2.75) is 38.3 Å². The number of anilines is 2. The molecule has 6 heterocycles. The Morgan fingerprint density at radius 2 is 1.87 bits per heavy atom. The first-order valence-corrected chi connectivity index (χ1v) is 13.2. The highest BCUT2D eigenvalue weighted by molar-refractivity contribution is 6.08. The highest BCUT2D eigenvalue weighted by atomic mass is 16.2. The van der Waals surface area contributed by atoms with Gasteiger partial charge in [0.2, 0.25) is 5.91 Å². The van der Waals surface area contributed by atoms with Crippen molar-refractivity contribution in [1.29, 1.82) is 0 Å². The van der Waals surface area contributed by atoms with Gasteiger partial charge in [0.25, 0.3) is 5.91 Å². The van der Waals surface area contributed by atoms with E-state index in [4.69, 9.17) is 0 Å². The van der Waals surface area contributed by atoms with Crippen LogP contribution < -0.4 is 10.6 Å². The van der Waals surface area contributed by atoms with E-state index in [1.54, 1.807) is 34.6 Å². The van der Waals surface area contributed by atoms with Crippen molar-refractivity contribution in [3.05, 3.63) is 54.4 Å². The molecule has 2 fully saturated rings. The van der Waals surface area contributed by atoms with Gasteiger partial charge in [0, 0.05) is 55.7 Å². The molecule has 2 atom stereocenters. The third-order valence-corrected chi connectivity index (χ3v) is 7.88. The monoisotopic (exact) mass is 528 g/mol. The van der Waals surface area contributed by atoms with Crippen LogP contribution in [0.3, 0.4) is 0 Å². The van der Waals surface area contributed by atoms with Crippen molar-refractivity contribution in [3.63, 3.8) is 0 Å². The molecule has 2 saturated heterocycles. The van der Waals surface area contributed by atoms with Gasteiger partial charge in [0.1, 0.15) is 0 Å². The molecule has 0 saturated carbocycles. The van der Waals surface area contributed by atoms with Crippen LogP contribution in [0.2, 0.25) is 0 Å². The molecule has 202 valence electrons. The van der Waals surface area contributed by atoms with Gasteiger partial charge in [-0.25, -0.2) is 4.52 Å². The zero-order valence-corrected chi connectivity index (χ0v) is 22.3. The topological polar surface area (TPSA) is 126 Å². The number of pyridine rings is 2. The lowest BCUT2D eigenvalue weighted by Crippen LogP contribution is -2.40. The largest absolute Gasteiger partial charge is 0.324 e. The summed E-state index contributed by atoms with van der Waals surface area (Å²) in [4.78, 5) is 35.1. The predicted octanol–water partition coefficient (Wildman–Crippen LogP) is 2.19. The Bertz CT molecular complexity index is 1540. The summed E-state index contributed by atoms with van der Waals surface area (Å²) in [6, 6.07) is 6.58. The minimum absolute atomic E-state index is 0.0907. The predicted molar refractivity (Wildman–Crippen MR) is 146 cm³/mol. The molecule has 0 spiro atoms. The van der Waals surface area contributed by atoms with Crippen molar-refractivity contribution in [2.75, 3.05) is 37.3 Å². The second-order valence-corrected chi connectivity index (χ2v) is 10.5. The summed E-state index contributed by atoms with van der Waals surface area (Å²) in [5, 5.41) is 18.3. The first kappa shape index (κ1) is 25.1. The van der Waals surface area contributed by atoms with Gasteiger partial charge >= 0.3 is 0 Å². The SMILES string of the molecule is Cc1ncc(NC(=O)CN2CCC3CCC(C2)N3C)cc1NC(=O)c1nnn2cc(-c3cnn(C)c3)ccc12. The van der Waals surface area contributed by atoms with Crippen LogP contribution in [0.5, 0.6) is 0 Å². The average Bonchev–Trinajstić information content (AvgIpc) is 3.59. The van der Waals surface area contributed by atoms with Gasteiger partial charge < -0.3 is 10.6 Å². The molecule has 12 heteroatoms. The minimum Gasteiger partial charge on any atom is -0.324 e. The average molecular weight is 529 g/mol. The van der Waals surface area contributed by atoms with E-state index >= 15 is 0 Å². The van der Waals surface area contributed by atoms with Crippen molar-refractivity contribution in [1.82, 2.24) is 39.4 Å². The maximum absolute atomic E-state index is 13.2. The third kappa shape index (κ3) is 5.12. The number of amides is 2. The Balaban J connectivity index is 1.12. The standard InChI is InChI=1S/C27H32N10O2/c1-17-23(10-20(12-28-17)30-25(38)16-36-9-8-21-5-6-22(15-36)35(21)3)31-27(39)26-24-7-4-18(14-37(24)33-32-26)19-11-29-34(2)13-19/h4,7,10-14,21-22H,5-6,8-9,15-16H2,1-3H3,(H,30,38)(H,31,39). The molecule has 2 aliphatic rings. The molecular weight excluding hydrogens is 496 g/mol. The number of rotatable bonds is 6. The highest BCUT2D eigenvalue weighted by Gasteiger charge is 2.35. The summed E-state index contributed by atoms with van der Waals surface area (Å²) in [5.41, 5.74) is 4.28. The lowest BCUT2D eigenvalue weighted by Gasteiger charge is -2.25. The Hall–Kier alpha value is -4.16. The molecule has 2 amide bonds. The number of fused-ring (bicyclic) bond motifs is 3. The summed E-state index contributed by atoms with van der Waals surface area (Å²) in [7, 11) is 4.05. The first-order chi connectivity index (χ1) is 18.8. The van der Waals surface area contributed by atoms with Gasteiger partial charge in [-0.3, -0.25) is 29.1 Å². The van der Waals surface area contributed by atoms with Crippen LogP contribution in [0.4, 0.5) is 11.4 Å². The van der Waals surface area contributed by atoms with E-state index in [9.17, 15) is 9.59 Å². The summed E-state index contributed by atoms with van der Waals surface area (Å²) in [5.74, 6) is -0.497. The summed E-state index contributed by atoms with van der Waals surface area (Å²) < 4.78 is 3.30. The van der Waals surface area contributed by atoms with Crippen LogP contribution in [-0.2, 0) is 11.8 Å². The summed E-state index contributed by atoms with van der Waals surface area (Å²) in [6.07, 6.45) is 10.6. The molecule has 2 unspecified atom stereocenters. The fourth-order valence-corrected chi connectivity index (χ4v) is 5.63. The van der Waals surface area contributed by atoms with Crippen molar-refractivity contribution in [3.8, 4) is 11.1 Å². The summed E-state index contributed by atoms with van der Waals surface area (Å²) in [6.45, 7) is 3.96. The number of carbonyl (C=O) groups is 2. The van der Waals surface area contributed by atoms with E-state index in [2.05, 4.69) is 47.9 Å². The van der Waals surface area contributed by atoms with Gasteiger partial charge in [-0.2, -0.15) is 5.10 Å². The Morgan fingerprint density at radius 1 is 1.03 bits per heavy atom. The van der Waals surface area contributed by atoms with Crippen molar-refractivity contribution >= 4 is 28.7 Å². The number of nitrogens with one attached hydrogen (secondary N) is 2. The second-order valence-electron chi connectivity index (χ2n) is 10.5. The zero-order chi connectivity index (χ0) is 27.1. The molecule has 2 aliphatic heterocycles. The van der Waals surface area contributed by atoms with E-state index in [0.29, 0.717) is 41.2 Å². The number of likely N-dealkylation sites (N-methyl/N-ethyl adjacent to an activating group) is 1. The fraction of sp³-hybridized carbons (Fsp3) is 0.407. The van der Waals surface area contributed by atoms with Gasteiger partial charge in [-0.15, -0.1) is 5.10 Å². The number of likely N-dealkylation sites (tertiary alicyclic amines) is 1. The number of aryl methyl sites for hydroxylation is 2. The molecule has 6 rings (SSSR count). The van der Waals surface area contributed by atoms with Crippen LogP contribution in [0.25, 0.3) is 16.6 Å². The molecule has 2 N–H and O–H groups in total. The number of aromatic nitrogens is 6. The lowest BCUT2D eigenvalue weighted by molar-refractivity contribution is -0.117. The van der Waals surface area contributed by atoms with Crippen LogP contribution in [0.15, 0.2) is 43.0 Å². The van der Waals surface area contributed by atoms with Crippen LogP contribution >= 0.6 is 0 Å². The van der Waals surface area contributed by atoms with Gasteiger partial charge in [-0.05, 0) is 45.4 Å². The number of hydrogen-bond donors (Lipinski definition) is 2. The Morgan fingerprint density at radius 3 is 2.69 bits per heavy atom. The van der Waals surface area contributed by atoms with Crippen molar-refractivity contribution in [2.24, 2.45) is 7.05 Å². The lowest BCUT2D eigenvalue weighted by atomic mass is 10.1. The molecule has 0 aromatic carbocycles. The number of carbonyl (C=O) groups excluding carboxylic acids is 2. The molecule has 4 aromatic rings. The van der Waals surface area contributed by atoms with E-state index in [1.165, 1.54) is 12.8 Å². The minimum atomic E-state index is -0.406. The maximum Gasteiger partial charge on any atom is 0.278 e. The number of hydrogen-bond acceptors (Lipinski definition) is 8. The van der Waals surface area contributed by atoms with E-state index in [1.807, 2.05) is 31.6 Å². The van der Waals surface area contributed by atoms with E-state index < -0.39 is 5.91 Å². The smallest absolute Gasteiger partial charge is 0.278 e. The van der Waals surface area contributed by atoms with Gasteiger partial charge in [-0.1, -0.05) is 11.3 Å². The van der Waals surface area contributed by atoms with Crippen LogP contribution in [-0.4, -0.2) is 90.0 Å². The first-order valence-electron chi connectivity index (χ1n) is 13.2. The molecular formula is C27H32N10O2. The van der Waals surface area contributed by atoms with Gasteiger partial charge in [0.15, 0.2) is 5.69 Å². The Kier molecular flexibility index (Phi) is 6.57. The fourth-order valence-electron chi connectivity index (χ4n) is 5.63. The van der Waals surface area contributed by atoms with E-state index in [0.717, 1.165) is 30.6 Å². The second kappa shape index (κ2) is 10.2. The quantitative estimate of drug-likeness (QED) is 0.390. The number of nitrogens with zero attached hydrogens (tertiary/aromatic N) is 8. The molecule has 0 aliphatic carbocycles. The molecule has 4 aromatic heterocycles. The maximum atomic E-state index is 13.2. The normalized spacial score (nSPS) is 19.8. The zero-order valence-electron chi connectivity index (χ0n) is 22.3. The van der Waals surface area contributed by atoms with E-state index in [-0.39, 0.29) is 11.6 Å². The highest BCUT2D eigenvalue weighted by Crippen LogP contribution is 2.28. The van der Waals surface area contributed by atoms with Crippen LogP contribution in [0.1, 0.15) is 35.4 Å². The van der Waals surface area contributed by atoms with Crippen molar-refractivity contribution < 1.29 is 9.59 Å². The van der Waals surface area contributed by atoms with Gasteiger partial charge in [0.05, 0.1) is 41.5 Å². The Labute approximate surface area is 226 Å². The molecule has 12 nitrogen and oxygen atoms in total. The molecule has 0 radical (unpaired) electrons.